The van der Waals surface area contributed by atoms with Crippen molar-refractivity contribution in [2.45, 2.75) is 63.1 Å². The van der Waals surface area contributed by atoms with Crippen LogP contribution in [0.2, 0.25) is 5.02 Å². The molecule has 11 nitrogen and oxygen atoms in total. The predicted octanol–water partition coefficient (Wildman–Crippen LogP) is 3.63. The number of hydrogen-bond acceptors (Lipinski definition) is 7. The highest BCUT2D eigenvalue weighted by molar-refractivity contribution is 6.32. The SMILES string of the molecule is O=C1CCC(N2Cc3c(Cl)cc(CNC(=O)OC4CC(n5c(C(F)(F)F)nc6cccnc65)C4)c(F)c3C2=O)C(=O)N1. The van der Waals surface area contributed by atoms with E-state index < -0.39 is 66.4 Å². The van der Waals surface area contributed by atoms with Crippen molar-refractivity contribution in [1.82, 2.24) is 30.1 Å². The summed E-state index contributed by atoms with van der Waals surface area (Å²) in [5.74, 6) is -3.88. The highest BCUT2D eigenvalue weighted by Gasteiger charge is 2.44. The summed E-state index contributed by atoms with van der Waals surface area (Å²) in [7, 11) is 0. The van der Waals surface area contributed by atoms with Crippen LogP contribution in [0.3, 0.4) is 0 Å². The molecule has 3 aromatic rings. The zero-order valence-corrected chi connectivity index (χ0v) is 22.3. The third-order valence-corrected chi connectivity index (χ3v) is 7.95. The molecule has 4 heterocycles. The molecule has 3 aliphatic rings. The van der Waals surface area contributed by atoms with Crippen LogP contribution in [-0.2, 0) is 33.6 Å². The number of ether oxygens (including phenoxy) is 1. The molecule has 1 unspecified atom stereocenters. The van der Waals surface area contributed by atoms with Gasteiger partial charge in [0.2, 0.25) is 17.6 Å². The summed E-state index contributed by atoms with van der Waals surface area (Å²) in [6.45, 7) is -0.514. The molecule has 1 aliphatic carbocycles. The fourth-order valence-corrected chi connectivity index (χ4v) is 5.81. The molecule has 16 heteroatoms. The average Bonchev–Trinajstić information content (AvgIpc) is 3.46. The van der Waals surface area contributed by atoms with Crippen LogP contribution in [0.4, 0.5) is 22.4 Å². The Hall–Kier alpha value is -4.27. The van der Waals surface area contributed by atoms with Gasteiger partial charge < -0.3 is 19.5 Å². The highest BCUT2D eigenvalue weighted by Crippen LogP contribution is 2.41. The minimum atomic E-state index is -4.70. The molecule has 2 aliphatic heterocycles. The number of carbonyl (C=O) groups is 4. The molecule has 0 bridgehead atoms. The normalized spacial score (nSPS) is 22.2. The van der Waals surface area contributed by atoms with Gasteiger partial charge in [-0.25, -0.2) is 19.2 Å². The van der Waals surface area contributed by atoms with E-state index in [0.717, 1.165) is 9.47 Å². The summed E-state index contributed by atoms with van der Waals surface area (Å²) < 4.78 is 62.5. The van der Waals surface area contributed by atoms with Crippen molar-refractivity contribution < 1.29 is 41.5 Å². The second-order valence-electron chi connectivity index (χ2n) is 10.2. The maximum absolute atomic E-state index is 15.4. The predicted molar refractivity (Wildman–Crippen MR) is 135 cm³/mol. The minimum absolute atomic E-state index is 0.0328. The average molecular weight is 609 g/mol. The van der Waals surface area contributed by atoms with Gasteiger partial charge in [-0.3, -0.25) is 19.7 Å². The van der Waals surface area contributed by atoms with Crippen molar-refractivity contribution in [3.8, 4) is 0 Å². The number of fused-ring (bicyclic) bond motifs is 2. The van der Waals surface area contributed by atoms with Gasteiger partial charge >= 0.3 is 12.3 Å². The maximum atomic E-state index is 15.4. The molecular formula is C26H21ClF4N6O5. The fourth-order valence-electron chi connectivity index (χ4n) is 5.52. The smallest absolute Gasteiger partial charge is 0.446 e. The number of nitrogens with one attached hydrogen (secondary N) is 2. The second-order valence-corrected chi connectivity index (χ2v) is 10.6. The van der Waals surface area contributed by atoms with Crippen LogP contribution in [0, 0.1) is 5.82 Å². The number of hydrogen-bond donors (Lipinski definition) is 2. The first-order chi connectivity index (χ1) is 19.9. The Bertz CT molecular complexity index is 1650. The Balaban J connectivity index is 1.09. The van der Waals surface area contributed by atoms with E-state index in [2.05, 4.69) is 20.6 Å². The minimum Gasteiger partial charge on any atom is -0.446 e. The second kappa shape index (κ2) is 10.2. The lowest BCUT2D eigenvalue weighted by molar-refractivity contribution is -0.149. The van der Waals surface area contributed by atoms with Crippen LogP contribution in [0.1, 0.15) is 59.0 Å². The Labute approximate surface area is 239 Å². The number of alkyl carbamates (subject to hydrolysis) is 1. The number of amides is 4. The van der Waals surface area contributed by atoms with Crippen molar-refractivity contribution in [2.24, 2.45) is 0 Å². The number of nitrogens with zero attached hydrogens (tertiary/aromatic N) is 4. The number of carbonyl (C=O) groups excluding carboxylic acids is 4. The van der Waals surface area contributed by atoms with Gasteiger partial charge in [-0.1, -0.05) is 11.6 Å². The number of rotatable bonds is 5. The van der Waals surface area contributed by atoms with Crippen molar-refractivity contribution in [3.05, 3.63) is 57.8 Å². The lowest BCUT2D eigenvalue weighted by atomic mass is 9.89. The van der Waals surface area contributed by atoms with Gasteiger partial charge in [-0.15, -0.1) is 0 Å². The zero-order chi connectivity index (χ0) is 29.9. The molecule has 1 saturated carbocycles. The first kappa shape index (κ1) is 27.9. The molecule has 1 atom stereocenters. The van der Waals surface area contributed by atoms with Crippen LogP contribution in [-0.4, -0.2) is 55.4 Å². The lowest BCUT2D eigenvalue weighted by Crippen LogP contribution is -2.52. The summed E-state index contributed by atoms with van der Waals surface area (Å²) >= 11 is 6.32. The number of piperidine rings is 1. The number of halogens is 5. The van der Waals surface area contributed by atoms with Crippen LogP contribution < -0.4 is 10.6 Å². The van der Waals surface area contributed by atoms with E-state index in [9.17, 15) is 32.3 Å². The molecule has 220 valence electrons. The van der Waals surface area contributed by atoms with E-state index >= 15 is 4.39 Å². The molecule has 2 aromatic heterocycles. The Kier molecular flexibility index (Phi) is 6.78. The Morgan fingerprint density at radius 2 is 2.00 bits per heavy atom. The van der Waals surface area contributed by atoms with Gasteiger partial charge in [0.05, 0.1) is 5.56 Å². The maximum Gasteiger partial charge on any atom is 0.449 e. The van der Waals surface area contributed by atoms with Crippen LogP contribution in [0.25, 0.3) is 11.2 Å². The van der Waals surface area contributed by atoms with E-state index in [1.165, 1.54) is 24.4 Å². The number of imidazole rings is 1. The molecule has 4 amide bonds. The van der Waals surface area contributed by atoms with Crippen LogP contribution in [0.5, 0.6) is 0 Å². The van der Waals surface area contributed by atoms with E-state index in [1.807, 2.05) is 0 Å². The number of benzene rings is 1. The monoisotopic (exact) mass is 608 g/mol. The van der Waals surface area contributed by atoms with Crippen LogP contribution >= 0.6 is 11.6 Å². The van der Waals surface area contributed by atoms with E-state index in [4.69, 9.17) is 16.3 Å². The molecular weight excluding hydrogens is 588 g/mol. The number of imide groups is 1. The third kappa shape index (κ3) is 4.80. The quantitative estimate of drug-likeness (QED) is 0.334. The van der Waals surface area contributed by atoms with Crippen molar-refractivity contribution in [3.63, 3.8) is 0 Å². The summed E-state index contributed by atoms with van der Waals surface area (Å²) in [6, 6.07) is 2.57. The third-order valence-electron chi connectivity index (χ3n) is 7.62. The number of aromatic nitrogens is 3. The number of alkyl halides is 3. The van der Waals surface area contributed by atoms with Crippen molar-refractivity contribution in [2.75, 3.05) is 0 Å². The Morgan fingerprint density at radius 3 is 2.71 bits per heavy atom. The standard InChI is InChI=1S/C26H21ClF4N6O5/c27-15-6-11(20(28)19-14(15)10-36(23(19)40)17-3-4-18(38)35-22(17)39)9-33-25(41)42-13-7-12(8-13)37-21-16(2-1-5-32-21)34-24(37)26(29,30)31/h1-2,5-6,12-13,17H,3-4,7-10H2,(H,33,41)(H,35,38,39). The van der Waals surface area contributed by atoms with Crippen molar-refractivity contribution in [1.29, 1.82) is 0 Å². The Morgan fingerprint density at radius 1 is 1.24 bits per heavy atom. The molecule has 0 spiro atoms. The van der Waals surface area contributed by atoms with Gasteiger partial charge in [0.1, 0.15) is 23.5 Å². The first-order valence-electron chi connectivity index (χ1n) is 12.9. The molecule has 2 N–H and O–H groups in total. The molecule has 42 heavy (non-hydrogen) atoms. The lowest BCUT2D eigenvalue weighted by Gasteiger charge is -2.36. The van der Waals surface area contributed by atoms with E-state index in [1.54, 1.807) is 0 Å². The zero-order valence-electron chi connectivity index (χ0n) is 21.5. The van der Waals surface area contributed by atoms with Crippen LogP contribution in [0.15, 0.2) is 24.4 Å². The van der Waals surface area contributed by atoms with E-state index in [-0.39, 0.29) is 65.1 Å². The highest BCUT2D eigenvalue weighted by atomic mass is 35.5. The largest absolute Gasteiger partial charge is 0.449 e. The molecule has 6 rings (SSSR count). The molecule has 1 saturated heterocycles. The molecule has 0 radical (unpaired) electrons. The molecule has 1 aromatic carbocycles. The first-order valence-corrected chi connectivity index (χ1v) is 13.3. The van der Waals surface area contributed by atoms with Gasteiger partial charge in [0.25, 0.3) is 5.91 Å². The van der Waals surface area contributed by atoms with Gasteiger partial charge in [0, 0.05) is 60.7 Å². The van der Waals surface area contributed by atoms with Gasteiger partial charge in [-0.2, -0.15) is 13.2 Å². The van der Waals surface area contributed by atoms with Gasteiger partial charge in [-0.05, 0) is 24.6 Å². The summed E-state index contributed by atoms with van der Waals surface area (Å²) in [6.07, 6.45) is -4.67. The summed E-state index contributed by atoms with van der Waals surface area (Å²) in [5.41, 5.74) is -0.0594. The topological polar surface area (TPSA) is 136 Å². The van der Waals surface area contributed by atoms with E-state index in [0.29, 0.717) is 0 Å². The summed E-state index contributed by atoms with van der Waals surface area (Å²) in [5, 5.41) is 4.60. The molecule has 2 fully saturated rings. The van der Waals surface area contributed by atoms with Crippen molar-refractivity contribution >= 4 is 46.6 Å². The summed E-state index contributed by atoms with van der Waals surface area (Å²) in [4.78, 5) is 58.0. The van der Waals surface area contributed by atoms with Gasteiger partial charge in [0.15, 0.2) is 5.65 Å². The fraction of sp³-hybridized carbons (Fsp3) is 0.385. The number of pyridine rings is 1.